The van der Waals surface area contributed by atoms with Crippen molar-refractivity contribution >= 4 is 21.4 Å². The molecule has 1 aromatic heterocycles. The fourth-order valence-corrected chi connectivity index (χ4v) is 4.51. The summed E-state index contributed by atoms with van der Waals surface area (Å²) in [5.74, 6) is 0.232. The molecule has 0 saturated carbocycles. The van der Waals surface area contributed by atoms with Gasteiger partial charge >= 0.3 is 0 Å². The molecule has 0 bridgehead atoms. The Hall–Kier alpha value is -0.630. The molecule has 0 spiro atoms. The third-order valence-electron chi connectivity index (χ3n) is 3.43. The van der Waals surface area contributed by atoms with Gasteiger partial charge in [-0.1, -0.05) is 11.6 Å². The Labute approximate surface area is 117 Å². The molecular formula is C11H18ClN3O3S. The average molecular weight is 308 g/mol. The van der Waals surface area contributed by atoms with Crippen LogP contribution in [-0.2, 0) is 21.1 Å². The van der Waals surface area contributed by atoms with Crippen LogP contribution in [0.4, 0.5) is 0 Å². The van der Waals surface area contributed by atoms with E-state index in [1.807, 2.05) is 0 Å². The highest BCUT2D eigenvalue weighted by Crippen LogP contribution is 2.32. The summed E-state index contributed by atoms with van der Waals surface area (Å²) >= 11 is 6.11. The third-order valence-corrected chi connectivity index (χ3v) is 5.52. The quantitative estimate of drug-likeness (QED) is 0.861. The summed E-state index contributed by atoms with van der Waals surface area (Å²) in [6.45, 7) is 1.05. The zero-order chi connectivity index (χ0) is 14.0. The van der Waals surface area contributed by atoms with Gasteiger partial charge in [-0.05, 0) is 12.3 Å². The molecule has 0 aromatic carbocycles. The second-order valence-corrected chi connectivity index (χ2v) is 7.42. The van der Waals surface area contributed by atoms with E-state index in [1.54, 1.807) is 11.8 Å². The Kier molecular flexibility index (Phi) is 4.50. The lowest BCUT2D eigenvalue weighted by Crippen LogP contribution is -2.26. The molecule has 2 heterocycles. The van der Waals surface area contributed by atoms with Crippen molar-refractivity contribution in [3.8, 4) is 0 Å². The van der Waals surface area contributed by atoms with Gasteiger partial charge in [-0.3, -0.25) is 4.68 Å². The first-order valence-electron chi connectivity index (χ1n) is 6.11. The number of halogens is 1. The van der Waals surface area contributed by atoms with Gasteiger partial charge in [-0.15, -0.1) is 0 Å². The van der Waals surface area contributed by atoms with Crippen molar-refractivity contribution in [3.63, 3.8) is 0 Å². The van der Waals surface area contributed by atoms with Gasteiger partial charge in [0, 0.05) is 7.11 Å². The largest absolute Gasteiger partial charge is 0.383 e. The summed E-state index contributed by atoms with van der Waals surface area (Å²) in [5, 5.41) is 4.64. The molecule has 2 rings (SSSR count). The Morgan fingerprint density at radius 3 is 3.00 bits per heavy atom. The van der Waals surface area contributed by atoms with E-state index >= 15 is 0 Å². The molecule has 108 valence electrons. The molecular weight excluding hydrogens is 290 g/mol. The molecule has 2 N–H and O–H groups in total. The molecule has 2 unspecified atom stereocenters. The van der Waals surface area contributed by atoms with Gasteiger partial charge in [0.2, 0.25) is 0 Å². The molecule has 8 heteroatoms. The maximum absolute atomic E-state index is 11.5. The molecule has 1 aliphatic heterocycles. The van der Waals surface area contributed by atoms with E-state index in [9.17, 15) is 8.42 Å². The fraction of sp³-hybridized carbons (Fsp3) is 0.727. The highest BCUT2D eigenvalue weighted by molar-refractivity contribution is 7.91. The van der Waals surface area contributed by atoms with Crippen LogP contribution in [0, 0.1) is 5.92 Å². The summed E-state index contributed by atoms with van der Waals surface area (Å²) < 4.78 is 29.8. The van der Waals surface area contributed by atoms with Crippen LogP contribution in [0.5, 0.6) is 0 Å². The molecule has 1 saturated heterocycles. The van der Waals surface area contributed by atoms with E-state index in [0.29, 0.717) is 30.3 Å². The van der Waals surface area contributed by atoms with Crippen molar-refractivity contribution in [2.24, 2.45) is 11.7 Å². The Bertz CT molecular complexity index is 543. The predicted molar refractivity (Wildman–Crippen MR) is 72.8 cm³/mol. The summed E-state index contributed by atoms with van der Waals surface area (Å²) in [7, 11) is -1.35. The number of hydrogen-bond donors (Lipinski definition) is 1. The molecule has 19 heavy (non-hydrogen) atoms. The smallest absolute Gasteiger partial charge is 0.150 e. The van der Waals surface area contributed by atoms with E-state index < -0.39 is 15.9 Å². The Balaban J connectivity index is 2.19. The van der Waals surface area contributed by atoms with Gasteiger partial charge in [0.05, 0.1) is 47.6 Å². The van der Waals surface area contributed by atoms with Gasteiger partial charge in [-0.25, -0.2) is 8.42 Å². The minimum absolute atomic E-state index is 0.0968. The minimum Gasteiger partial charge on any atom is -0.383 e. The summed E-state index contributed by atoms with van der Waals surface area (Å²) in [5.41, 5.74) is 6.88. The number of sulfone groups is 1. The first-order chi connectivity index (χ1) is 8.94. The van der Waals surface area contributed by atoms with Gasteiger partial charge in [0.1, 0.15) is 0 Å². The minimum atomic E-state index is -2.95. The van der Waals surface area contributed by atoms with Gasteiger partial charge < -0.3 is 10.5 Å². The number of nitrogens with two attached hydrogens (primary N) is 1. The van der Waals surface area contributed by atoms with E-state index in [-0.39, 0.29) is 17.4 Å². The highest BCUT2D eigenvalue weighted by atomic mass is 35.5. The van der Waals surface area contributed by atoms with Crippen LogP contribution in [-0.4, -0.2) is 43.4 Å². The number of ether oxygens (including phenoxy) is 1. The predicted octanol–water partition coefficient (Wildman–Crippen LogP) is 0.617. The van der Waals surface area contributed by atoms with E-state index in [0.717, 1.165) is 0 Å². The first kappa shape index (κ1) is 14.8. The van der Waals surface area contributed by atoms with Crippen molar-refractivity contribution in [2.45, 2.75) is 19.0 Å². The van der Waals surface area contributed by atoms with Crippen molar-refractivity contribution in [1.29, 1.82) is 0 Å². The van der Waals surface area contributed by atoms with Crippen LogP contribution >= 0.6 is 11.6 Å². The lowest BCUT2D eigenvalue weighted by atomic mass is 9.97. The van der Waals surface area contributed by atoms with Crippen LogP contribution in [0.15, 0.2) is 6.20 Å². The molecule has 1 aromatic rings. The van der Waals surface area contributed by atoms with Gasteiger partial charge in [-0.2, -0.15) is 5.10 Å². The maximum atomic E-state index is 11.5. The second-order valence-electron chi connectivity index (χ2n) is 4.78. The van der Waals surface area contributed by atoms with E-state index in [4.69, 9.17) is 22.1 Å². The van der Waals surface area contributed by atoms with Crippen molar-refractivity contribution < 1.29 is 13.2 Å². The second kappa shape index (κ2) is 5.78. The van der Waals surface area contributed by atoms with E-state index in [2.05, 4.69) is 5.10 Å². The van der Waals surface area contributed by atoms with Crippen LogP contribution in [0.1, 0.15) is 18.2 Å². The monoisotopic (exact) mass is 307 g/mol. The standard InChI is InChI=1S/C11H18ClN3O3S/c1-18-4-3-15-11(9(12)6-14-15)10(13)8-2-5-19(16,17)7-8/h6,8,10H,2-5,7,13H2,1H3. The topological polar surface area (TPSA) is 87.2 Å². The summed E-state index contributed by atoms with van der Waals surface area (Å²) in [6, 6.07) is -0.413. The lowest BCUT2D eigenvalue weighted by Gasteiger charge is -2.19. The lowest BCUT2D eigenvalue weighted by molar-refractivity contribution is 0.181. The van der Waals surface area contributed by atoms with E-state index in [1.165, 1.54) is 6.20 Å². The number of hydrogen-bond acceptors (Lipinski definition) is 5. The molecule has 0 amide bonds. The molecule has 0 aliphatic carbocycles. The zero-order valence-corrected chi connectivity index (χ0v) is 12.3. The SMILES string of the molecule is COCCn1ncc(Cl)c1C(N)C1CCS(=O)(=O)C1. The number of methoxy groups -OCH3 is 1. The Morgan fingerprint density at radius 2 is 2.42 bits per heavy atom. The summed E-state index contributed by atoms with van der Waals surface area (Å²) in [4.78, 5) is 0. The molecule has 2 atom stereocenters. The highest BCUT2D eigenvalue weighted by Gasteiger charge is 2.35. The number of nitrogens with zero attached hydrogens (tertiary/aromatic N) is 2. The van der Waals surface area contributed by atoms with Crippen LogP contribution in [0.3, 0.4) is 0 Å². The average Bonchev–Trinajstić information content (AvgIpc) is 2.89. The third kappa shape index (κ3) is 3.28. The van der Waals surface area contributed by atoms with Crippen LogP contribution in [0.25, 0.3) is 0 Å². The fourth-order valence-electron chi connectivity index (χ4n) is 2.39. The van der Waals surface area contributed by atoms with Crippen LogP contribution in [0.2, 0.25) is 5.02 Å². The van der Waals surface area contributed by atoms with Crippen molar-refractivity contribution in [3.05, 3.63) is 16.9 Å². The molecule has 6 nitrogen and oxygen atoms in total. The molecule has 1 aliphatic rings. The first-order valence-corrected chi connectivity index (χ1v) is 8.30. The van der Waals surface area contributed by atoms with Gasteiger partial charge in [0.25, 0.3) is 0 Å². The number of rotatable bonds is 5. The Morgan fingerprint density at radius 1 is 1.68 bits per heavy atom. The van der Waals surface area contributed by atoms with Crippen molar-refractivity contribution in [1.82, 2.24) is 9.78 Å². The molecule has 0 radical (unpaired) electrons. The zero-order valence-electron chi connectivity index (χ0n) is 10.8. The normalized spacial score (nSPS) is 23.6. The van der Waals surface area contributed by atoms with Crippen molar-refractivity contribution in [2.75, 3.05) is 25.2 Å². The number of aromatic nitrogens is 2. The summed E-state index contributed by atoms with van der Waals surface area (Å²) in [6.07, 6.45) is 2.12. The van der Waals surface area contributed by atoms with Crippen LogP contribution < -0.4 is 5.73 Å². The molecule has 1 fully saturated rings. The maximum Gasteiger partial charge on any atom is 0.150 e. The van der Waals surface area contributed by atoms with Gasteiger partial charge in [0.15, 0.2) is 9.84 Å².